The van der Waals surface area contributed by atoms with Crippen LogP contribution in [0.5, 0.6) is 0 Å². The number of para-hydroxylation sites is 1. The zero-order chi connectivity index (χ0) is 18.8. The van der Waals surface area contributed by atoms with Gasteiger partial charge in [0, 0.05) is 23.1 Å². The quantitative estimate of drug-likeness (QED) is 0.368. The van der Waals surface area contributed by atoms with Crippen LogP contribution in [0.2, 0.25) is 0 Å². The van der Waals surface area contributed by atoms with Crippen molar-refractivity contribution in [2.45, 2.75) is 19.9 Å². The summed E-state index contributed by atoms with van der Waals surface area (Å²) in [6.07, 6.45) is 2.84. The first-order chi connectivity index (χ1) is 13.2. The van der Waals surface area contributed by atoms with Gasteiger partial charge in [-0.25, -0.2) is 4.98 Å². The SMILES string of the molecule is C=CCn1c(-c2cc(-c3ccc(CC)cc3)nc3ccccc23)n[nH]c1=S. The highest BCUT2D eigenvalue weighted by Gasteiger charge is 2.14. The minimum absolute atomic E-state index is 0.583. The van der Waals surface area contributed by atoms with E-state index in [0.717, 1.165) is 40.0 Å². The molecule has 0 atom stereocenters. The molecule has 0 saturated heterocycles. The number of H-pyrrole nitrogens is 1. The van der Waals surface area contributed by atoms with Crippen LogP contribution >= 0.6 is 12.2 Å². The second-order valence-electron chi connectivity index (χ2n) is 6.37. The predicted molar refractivity (Wildman–Crippen MR) is 113 cm³/mol. The Bertz CT molecular complexity index is 1170. The molecular formula is C22H20N4S. The number of aromatic amines is 1. The molecule has 5 heteroatoms. The molecule has 4 nitrogen and oxygen atoms in total. The summed E-state index contributed by atoms with van der Waals surface area (Å²) in [6.45, 7) is 6.59. The Hall–Kier alpha value is -3.05. The van der Waals surface area contributed by atoms with E-state index >= 15 is 0 Å². The molecular weight excluding hydrogens is 352 g/mol. The van der Waals surface area contributed by atoms with Crippen LogP contribution in [0.3, 0.4) is 0 Å². The fraction of sp³-hybridized carbons (Fsp3) is 0.136. The van der Waals surface area contributed by atoms with E-state index in [1.807, 2.05) is 28.8 Å². The van der Waals surface area contributed by atoms with Gasteiger partial charge in [-0.1, -0.05) is 55.5 Å². The molecule has 0 aliphatic carbocycles. The number of hydrogen-bond donors (Lipinski definition) is 1. The highest BCUT2D eigenvalue weighted by atomic mass is 32.1. The van der Waals surface area contributed by atoms with Gasteiger partial charge in [0.2, 0.25) is 0 Å². The van der Waals surface area contributed by atoms with E-state index in [-0.39, 0.29) is 0 Å². The summed E-state index contributed by atoms with van der Waals surface area (Å²) in [7, 11) is 0. The van der Waals surface area contributed by atoms with Gasteiger partial charge in [0.05, 0.1) is 11.2 Å². The minimum Gasteiger partial charge on any atom is -0.296 e. The topological polar surface area (TPSA) is 46.5 Å². The first kappa shape index (κ1) is 17.4. The van der Waals surface area contributed by atoms with Gasteiger partial charge in [-0.05, 0) is 36.3 Å². The number of hydrogen-bond acceptors (Lipinski definition) is 3. The van der Waals surface area contributed by atoms with Crippen LogP contribution in [0, 0.1) is 4.77 Å². The molecule has 2 aromatic heterocycles. The second-order valence-corrected chi connectivity index (χ2v) is 6.76. The maximum absolute atomic E-state index is 5.40. The van der Waals surface area contributed by atoms with Crippen LogP contribution in [-0.2, 0) is 13.0 Å². The number of benzene rings is 2. The highest BCUT2D eigenvalue weighted by molar-refractivity contribution is 7.71. The summed E-state index contributed by atoms with van der Waals surface area (Å²) in [5.74, 6) is 0.796. The molecule has 0 aliphatic rings. The zero-order valence-electron chi connectivity index (χ0n) is 15.1. The number of pyridine rings is 1. The highest BCUT2D eigenvalue weighted by Crippen LogP contribution is 2.31. The first-order valence-corrected chi connectivity index (χ1v) is 9.37. The van der Waals surface area contributed by atoms with Crippen molar-refractivity contribution in [3.8, 4) is 22.6 Å². The molecule has 0 bridgehead atoms. The van der Waals surface area contributed by atoms with Crippen LogP contribution in [0.25, 0.3) is 33.5 Å². The van der Waals surface area contributed by atoms with E-state index in [4.69, 9.17) is 17.2 Å². The Morgan fingerprint density at radius 1 is 1.15 bits per heavy atom. The summed E-state index contributed by atoms with van der Waals surface area (Å²) < 4.78 is 2.54. The Kier molecular flexibility index (Phi) is 4.69. The van der Waals surface area contributed by atoms with E-state index in [1.54, 1.807) is 0 Å². The Morgan fingerprint density at radius 3 is 2.67 bits per heavy atom. The molecule has 0 spiro atoms. The number of aromatic nitrogens is 4. The third-order valence-electron chi connectivity index (χ3n) is 4.68. The molecule has 2 heterocycles. The van der Waals surface area contributed by atoms with Crippen molar-refractivity contribution in [3.63, 3.8) is 0 Å². The van der Waals surface area contributed by atoms with Crippen LogP contribution in [0.15, 0.2) is 67.3 Å². The van der Waals surface area contributed by atoms with Crippen molar-refractivity contribution in [2.75, 3.05) is 0 Å². The summed E-state index contributed by atoms with van der Waals surface area (Å²) in [5, 5.41) is 8.44. The number of aryl methyl sites for hydroxylation is 1. The van der Waals surface area contributed by atoms with E-state index in [9.17, 15) is 0 Å². The largest absolute Gasteiger partial charge is 0.296 e. The summed E-state index contributed by atoms with van der Waals surface area (Å²) in [4.78, 5) is 4.88. The van der Waals surface area contributed by atoms with Crippen molar-refractivity contribution >= 4 is 23.1 Å². The van der Waals surface area contributed by atoms with Crippen molar-refractivity contribution in [1.82, 2.24) is 19.7 Å². The number of nitrogens with one attached hydrogen (secondary N) is 1. The van der Waals surface area contributed by atoms with Gasteiger partial charge in [-0.3, -0.25) is 9.67 Å². The maximum Gasteiger partial charge on any atom is 0.195 e. The molecule has 0 saturated carbocycles. The lowest BCUT2D eigenvalue weighted by Crippen LogP contribution is -2.00. The average Bonchev–Trinajstić information content (AvgIpc) is 3.08. The molecule has 0 amide bonds. The Balaban J connectivity index is 1.96. The van der Waals surface area contributed by atoms with Gasteiger partial charge >= 0.3 is 0 Å². The molecule has 0 aliphatic heterocycles. The summed E-state index contributed by atoms with van der Waals surface area (Å²) in [6, 6.07) is 18.8. The monoisotopic (exact) mass is 372 g/mol. The van der Waals surface area contributed by atoms with Gasteiger partial charge in [-0.2, -0.15) is 5.10 Å². The number of rotatable bonds is 5. The van der Waals surface area contributed by atoms with E-state index < -0.39 is 0 Å². The maximum atomic E-state index is 5.40. The van der Waals surface area contributed by atoms with E-state index in [0.29, 0.717) is 11.3 Å². The third kappa shape index (κ3) is 3.22. The third-order valence-corrected chi connectivity index (χ3v) is 5.00. The van der Waals surface area contributed by atoms with Crippen molar-refractivity contribution in [3.05, 3.63) is 77.6 Å². The number of nitrogens with zero attached hydrogens (tertiary/aromatic N) is 3. The minimum atomic E-state index is 0.583. The van der Waals surface area contributed by atoms with Crippen LogP contribution in [0.4, 0.5) is 0 Å². The van der Waals surface area contributed by atoms with Gasteiger partial charge in [0.1, 0.15) is 0 Å². The number of allylic oxidation sites excluding steroid dienone is 1. The fourth-order valence-corrected chi connectivity index (χ4v) is 3.45. The lowest BCUT2D eigenvalue weighted by Gasteiger charge is -2.11. The molecule has 0 unspecified atom stereocenters. The summed E-state index contributed by atoms with van der Waals surface area (Å²) in [5.41, 5.74) is 5.26. The van der Waals surface area contributed by atoms with Crippen LogP contribution in [0.1, 0.15) is 12.5 Å². The molecule has 134 valence electrons. The standard InChI is InChI=1S/C22H20N4S/c1-3-13-26-21(24-25-22(26)27)18-14-20(16-11-9-15(4-2)10-12-16)23-19-8-6-5-7-17(18)19/h3,5-12,14H,1,4,13H2,2H3,(H,25,27). The van der Waals surface area contributed by atoms with E-state index in [1.165, 1.54) is 5.56 Å². The molecule has 27 heavy (non-hydrogen) atoms. The first-order valence-electron chi connectivity index (χ1n) is 8.97. The number of fused-ring (bicyclic) bond motifs is 1. The lowest BCUT2D eigenvalue weighted by atomic mass is 10.0. The fourth-order valence-electron chi connectivity index (χ4n) is 3.24. The summed E-state index contributed by atoms with van der Waals surface area (Å²) >= 11 is 5.40. The van der Waals surface area contributed by atoms with Gasteiger partial charge in [-0.15, -0.1) is 6.58 Å². The Labute approximate surface area is 163 Å². The molecule has 2 aromatic carbocycles. The Morgan fingerprint density at radius 2 is 1.93 bits per heavy atom. The lowest BCUT2D eigenvalue weighted by molar-refractivity contribution is 0.814. The molecule has 0 fully saturated rings. The van der Waals surface area contributed by atoms with Gasteiger partial charge < -0.3 is 0 Å². The molecule has 1 N–H and O–H groups in total. The van der Waals surface area contributed by atoms with Gasteiger partial charge in [0.15, 0.2) is 10.6 Å². The van der Waals surface area contributed by atoms with Crippen LogP contribution < -0.4 is 0 Å². The molecule has 4 rings (SSSR count). The predicted octanol–water partition coefficient (Wildman–Crippen LogP) is 5.57. The average molecular weight is 372 g/mol. The molecule has 0 radical (unpaired) electrons. The normalized spacial score (nSPS) is 11.0. The van der Waals surface area contributed by atoms with Crippen molar-refractivity contribution < 1.29 is 0 Å². The van der Waals surface area contributed by atoms with E-state index in [2.05, 4.69) is 60.1 Å². The molecule has 4 aromatic rings. The second kappa shape index (κ2) is 7.29. The van der Waals surface area contributed by atoms with Gasteiger partial charge in [0.25, 0.3) is 0 Å². The van der Waals surface area contributed by atoms with Crippen LogP contribution in [-0.4, -0.2) is 19.7 Å². The smallest absolute Gasteiger partial charge is 0.195 e. The zero-order valence-corrected chi connectivity index (χ0v) is 16.0. The van der Waals surface area contributed by atoms with Crippen molar-refractivity contribution in [2.24, 2.45) is 0 Å². The van der Waals surface area contributed by atoms with Crippen molar-refractivity contribution in [1.29, 1.82) is 0 Å².